The van der Waals surface area contributed by atoms with Crippen LogP contribution in [0.5, 0.6) is 0 Å². The Balaban J connectivity index is 2.33. The largest absolute Gasteiger partial charge is 0.744 e. The first-order chi connectivity index (χ1) is 10.4. The molecule has 0 bridgehead atoms. The predicted octanol–water partition coefficient (Wildman–Crippen LogP) is 4.75. The highest BCUT2D eigenvalue weighted by Gasteiger charge is 2.08. The van der Waals surface area contributed by atoms with Gasteiger partial charge in [0.1, 0.15) is 10.1 Å². The van der Waals surface area contributed by atoms with Crippen LogP contribution in [0.2, 0.25) is 0 Å². The van der Waals surface area contributed by atoms with Crippen LogP contribution < -0.4 is 0 Å². The van der Waals surface area contributed by atoms with E-state index in [1.54, 1.807) is 6.07 Å². The van der Waals surface area contributed by atoms with Crippen molar-refractivity contribution in [2.75, 3.05) is 0 Å². The van der Waals surface area contributed by atoms with Gasteiger partial charge in [-0.05, 0) is 44.2 Å². The Morgan fingerprint density at radius 2 is 1.64 bits per heavy atom. The van der Waals surface area contributed by atoms with Gasteiger partial charge in [-0.25, -0.2) is 8.42 Å². The molecule has 0 aliphatic heterocycles. The van der Waals surface area contributed by atoms with E-state index in [0.717, 1.165) is 24.8 Å². The van der Waals surface area contributed by atoms with Crippen molar-refractivity contribution in [3.05, 3.63) is 42.0 Å². The molecule has 1 aromatic carbocycles. The lowest BCUT2D eigenvalue weighted by molar-refractivity contribution is 0.461. The molecule has 0 fully saturated rings. The number of allylic oxidation sites excluding steroid dienone is 1. The van der Waals surface area contributed by atoms with E-state index < -0.39 is 10.1 Å². The van der Waals surface area contributed by atoms with E-state index in [9.17, 15) is 13.0 Å². The molecule has 0 unspecified atom stereocenters. The minimum absolute atomic E-state index is 0.0532. The van der Waals surface area contributed by atoms with Gasteiger partial charge in [0.05, 0.1) is 4.90 Å². The normalized spacial score (nSPS) is 11.5. The van der Waals surface area contributed by atoms with Crippen molar-refractivity contribution in [3.8, 4) is 0 Å². The van der Waals surface area contributed by atoms with Gasteiger partial charge in [-0.15, -0.1) is 6.58 Å². The summed E-state index contributed by atoms with van der Waals surface area (Å²) in [5, 5.41) is 0. The molecule has 0 aliphatic carbocycles. The maximum absolute atomic E-state index is 11.3. The predicted molar refractivity (Wildman–Crippen MR) is 90.0 cm³/mol. The van der Waals surface area contributed by atoms with Crippen molar-refractivity contribution in [2.24, 2.45) is 0 Å². The minimum atomic E-state index is -4.37. The monoisotopic (exact) mass is 323 g/mol. The molecule has 0 saturated carbocycles. The Hall–Kier alpha value is -1.13. The lowest BCUT2D eigenvalue weighted by Gasteiger charge is -2.13. The third kappa shape index (κ3) is 7.23. The molecule has 0 N–H and O–H groups in total. The molecule has 1 rings (SSSR count). The van der Waals surface area contributed by atoms with Crippen LogP contribution in [0.1, 0.15) is 62.5 Å². The van der Waals surface area contributed by atoms with Crippen molar-refractivity contribution >= 4 is 10.1 Å². The van der Waals surface area contributed by atoms with Crippen LogP contribution in [-0.4, -0.2) is 13.0 Å². The van der Waals surface area contributed by atoms with Crippen molar-refractivity contribution < 1.29 is 13.0 Å². The fourth-order valence-corrected chi connectivity index (χ4v) is 3.35. The van der Waals surface area contributed by atoms with E-state index in [0.29, 0.717) is 12.0 Å². The van der Waals surface area contributed by atoms with Crippen LogP contribution in [0.15, 0.2) is 35.7 Å². The molecule has 4 heteroatoms. The van der Waals surface area contributed by atoms with Crippen LogP contribution >= 0.6 is 0 Å². The van der Waals surface area contributed by atoms with Gasteiger partial charge in [0.25, 0.3) is 0 Å². The zero-order valence-electron chi connectivity index (χ0n) is 13.5. The van der Waals surface area contributed by atoms with E-state index in [1.807, 2.05) is 19.1 Å². The molecule has 0 aliphatic rings. The van der Waals surface area contributed by atoms with E-state index in [4.69, 9.17) is 0 Å². The van der Waals surface area contributed by atoms with Crippen LogP contribution in [0.25, 0.3) is 0 Å². The highest BCUT2D eigenvalue weighted by molar-refractivity contribution is 7.85. The van der Waals surface area contributed by atoms with E-state index >= 15 is 0 Å². The summed E-state index contributed by atoms with van der Waals surface area (Å²) >= 11 is 0. The average Bonchev–Trinajstić information content (AvgIpc) is 2.44. The van der Waals surface area contributed by atoms with Crippen LogP contribution in [0, 0.1) is 6.92 Å². The molecule has 0 saturated heterocycles. The second-order valence-corrected chi connectivity index (χ2v) is 7.22. The number of hydrogen-bond acceptors (Lipinski definition) is 3. The molecule has 0 heterocycles. The first-order valence-corrected chi connectivity index (χ1v) is 9.52. The maximum Gasteiger partial charge on any atom is 0.124 e. The summed E-state index contributed by atoms with van der Waals surface area (Å²) in [4.78, 5) is -0.0532. The molecular formula is C18H27O3S-. The Morgan fingerprint density at radius 3 is 2.23 bits per heavy atom. The minimum Gasteiger partial charge on any atom is -0.744 e. The Morgan fingerprint density at radius 1 is 1.05 bits per heavy atom. The summed E-state index contributed by atoms with van der Waals surface area (Å²) in [5.74, 6) is 0. The van der Waals surface area contributed by atoms with E-state index in [1.165, 1.54) is 38.2 Å². The highest BCUT2D eigenvalue weighted by Crippen LogP contribution is 2.20. The quantitative estimate of drug-likeness (QED) is 0.335. The fraction of sp³-hybridized carbons (Fsp3) is 0.556. The molecule has 0 atom stereocenters. The summed E-state index contributed by atoms with van der Waals surface area (Å²) in [6.07, 6.45) is 11.8. The van der Waals surface area contributed by atoms with Gasteiger partial charge in [-0.1, -0.05) is 55.9 Å². The number of aryl methyl sites for hydroxylation is 2. The molecular weight excluding hydrogens is 296 g/mol. The molecule has 22 heavy (non-hydrogen) atoms. The standard InChI is InChI=1S/C18H28O3S/c1-3-4-5-6-7-8-9-10-11-12-17-15-16(2)13-14-18(17)22(19,20)21/h3,13-15H,1,4-12H2,2H3,(H,19,20,21)/p-1. The Kier molecular flexibility index (Phi) is 8.43. The van der Waals surface area contributed by atoms with Gasteiger partial charge in [0.2, 0.25) is 0 Å². The average molecular weight is 323 g/mol. The number of hydrogen-bond donors (Lipinski definition) is 0. The molecule has 1 aromatic rings. The molecule has 0 aromatic heterocycles. The lowest BCUT2D eigenvalue weighted by Crippen LogP contribution is -2.04. The van der Waals surface area contributed by atoms with Gasteiger partial charge in [0, 0.05) is 0 Å². The summed E-state index contributed by atoms with van der Waals surface area (Å²) in [7, 11) is -4.37. The topological polar surface area (TPSA) is 57.2 Å². The van der Waals surface area contributed by atoms with Gasteiger partial charge in [0.15, 0.2) is 0 Å². The van der Waals surface area contributed by atoms with Crippen molar-refractivity contribution in [1.29, 1.82) is 0 Å². The third-order valence-corrected chi connectivity index (χ3v) is 4.78. The van der Waals surface area contributed by atoms with Gasteiger partial charge in [-0.2, -0.15) is 0 Å². The summed E-state index contributed by atoms with van der Waals surface area (Å²) < 4.78 is 33.8. The fourth-order valence-electron chi connectivity index (χ4n) is 2.64. The highest BCUT2D eigenvalue weighted by atomic mass is 32.2. The SMILES string of the molecule is C=CCCCCCCCCCc1cc(C)ccc1S(=O)(=O)[O-]. The Labute approximate surface area is 135 Å². The molecule has 3 nitrogen and oxygen atoms in total. The molecule has 0 radical (unpaired) electrons. The summed E-state index contributed by atoms with van der Waals surface area (Å²) in [6.45, 7) is 5.62. The first-order valence-electron chi connectivity index (χ1n) is 8.11. The third-order valence-electron chi connectivity index (χ3n) is 3.84. The maximum atomic E-state index is 11.3. The number of unbranched alkanes of at least 4 members (excludes halogenated alkanes) is 7. The second kappa shape index (κ2) is 9.80. The van der Waals surface area contributed by atoms with Gasteiger partial charge in [-0.3, -0.25) is 0 Å². The zero-order chi connectivity index (χ0) is 16.4. The van der Waals surface area contributed by atoms with Crippen LogP contribution in [0.3, 0.4) is 0 Å². The number of rotatable bonds is 11. The molecule has 124 valence electrons. The zero-order valence-corrected chi connectivity index (χ0v) is 14.3. The van der Waals surface area contributed by atoms with Crippen LogP contribution in [0.4, 0.5) is 0 Å². The lowest BCUT2D eigenvalue weighted by atomic mass is 10.0. The van der Waals surface area contributed by atoms with E-state index in [2.05, 4.69) is 6.58 Å². The van der Waals surface area contributed by atoms with Crippen LogP contribution in [-0.2, 0) is 16.5 Å². The van der Waals surface area contributed by atoms with Crippen molar-refractivity contribution in [2.45, 2.75) is 69.6 Å². The van der Waals surface area contributed by atoms with Crippen molar-refractivity contribution in [1.82, 2.24) is 0 Å². The smallest absolute Gasteiger partial charge is 0.124 e. The Bertz CT molecular complexity index is 562. The number of benzene rings is 1. The van der Waals surface area contributed by atoms with Crippen molar-refractivity contribution in [3.63, 3.8) is 0 Å². The first kappa shape index (κ1) is 18.9. The second-order valence-electron chi connectivity index (χ2n) is 5.87. The molecule has 0 amide bonds. The summed E-state index contributed by atoms with van der Waals surface area (Å²) in [5.41, 5.74) is 1.66. The van der Waals surface area contributed by atoms with Gasteiger partial charge < -0.3 is 4.55 Å². The molecule has 0 spiro atoms. The van der Waals surface area contributed by atoms with Gasteiger partial charge >= 0.3 is 0 Å². The summed E-state index contributed by atoms with van der Waals surface area (Å²) in [6, 6.07) is 4.93. The van der Waals surface area contributed by atoms with E-state index in [-0.39, 0.29) is 4.90 Å².